The molecule has 0 fully saturated rings. The second kappa shape index (κ2) is 6.50. The molecule has 1 heterocycles. The molecule has 20 heavy (non-hydrogen) atoms. The van der Waals surface area contributed by atoms with Crippen LogP contribution in [-0.4, -0.2) is 9.97 Å². The van der Waals surface area contributed by atoms with Crippen molar-refractivity contribution < 1.29 is 0 Å². The maximum absolute atomic E-state index is 8.65. The molecule has 0 unspecified atom stereocenters. The van der Waals surface area contributed by atoms with E-state index in [1.165, 1.54) is 6.33 Å². The van der Waals surface area contributed by atoms with Crippen molar-refractivity contribution in [2.45, 2.75) is 19.8 Å². The van der Waals surface area contributed by atoms with Crippen LogP contribution in [0.3, 0.4) is 0 Å². The van der Waals surface area contributed by atoms with E-state index in [0.717, 1.165) is 29.1 Å². The molecule has 0 amide bonds. The summed E-state index contributed by atoms with van der Waals surface area (Å²) >= 11 is 0. The minimum Gasteiger partial charge on any atom is -0.340 e. The third-order valence-corrected chi connectivity index (χ3v) is 2.94. The van der Waals surface area contributed by atoms with Crippen molar-refractivity contribution in [1.29, 1.82) is 5.26 Å². The first-order chi connectivity index (χ1) is 9.78. The zero-order valence-electron chi connectivity index (χ0n) is 11.2. The molecule has 0 aliphatic carbocycles. The van der Waals surface area contributed by atoms with E-state index in [-0.39, 0.29) is 0 Å². The number of benzene rings is 1. The minimum atomic E-state index is 0.412. The molecule has 2 aromatic rings. The molecule has 0 bridgehead atoms. The van der Waals surface area contributed by atoms with Crippen molar-refractivity contribution in [3.05, 3.63) is 41.7 Å². The van der Waals surface area contributed by atoms with Gasteiger partial charge in [0.15, 0.2) is 0 Å². The Morgan fingerprint density at radius 1 is 1.20 bits per heavy atom. The third kappa shape index (κ3) is 3.02. The lowest BCUT2D eigenvalue weighted by Crippen LogP contribution is -2.13. The van der Waals surface area contributed by atoms with Crippen LogP contribution in [0.25, 0.3) is 0 Å². The summed E-state index contributed by atoms with van der Waals surface area (Å²) in [6.07, 6.45) is 2.63. The monoisotopic (exact) mass is 268 g/mol. The average molecular weight is 268 g/mol. The van der Waals surface area contributed by atoms with Crippen molar-refractivity contribution in [2.75, 3.05) is 10.7 Å². The van der Waals surface area contributed by atoms with E-state index in [1.807, 2.05) is 31.2 Å². The highest BCUT2D eigenvalue weighted by Crippen LogP contribution is 2.23. The van der Waals surface area contributed by atoms with Crippen LogP contribution in [-0.2, 0) is 12.8 Å². The predicted octanol–water partition coefficient (Wildman–Crippen LogP) is 2.13. The molecule has 0 saturated heterocycles. The number of nitrogens with one attached hydrogen (secondary N) is 2. The fraction of sp³-hybridized carbons (Fsp3) is 0.214. The Morgan fingerprint density at radius 2 is 1.90 bits per heavy atom. The number of rotatable bonds is 5. The van der Waals surface area contributed by atoms with Crippen molar-refractivity contribution in [3.8, 4) is 6.07 Å². The fourth-order valence-corrected chi connectivity index (χ4v) is 1.91. The second-order valence-electron chi connectivity index (χ2n) is 4.20. The first-order valence-electron chi connectivity index (χ1n) is 6.32. The number of anilines is 3. The van der Waals surface area contributed by atoms with Gasteiger partial charge in [0.05, 0.1) is 12.5 Å². The molecule has 0 aliphatic rings. The van der Waals surface area contributed by atoms with Crippen LogP contribution in [0.15, 0.2) is 30.6 Å². The van der Waals surface area contributed by atoms with Crippen LogP contribution in [0.2, 0.25) is 0 Å². The molecule has 0 saturated carbocycles. The van der Waals surface area contributed by atoms with Gasteiger partial charge in [-0.3, -0.25) is 0 Å². The zero-order valence-corrected chi connectivity index (χ0v) is 11.2. The molecule has 6 heteroatoms. The Labute approximate surface area is 117 Å². The highest BCUT2D eigenvalue weighted by atomic mass is 15.3. The molecule has 0 atom stereocenters. The summed E-state index contributed by atoms with van der Waals surface area (Å²) in [4.78, 5) is 8.33. The summed E-state index contributed by atoms with van der Waals surface area (Å²) in [7, 11) is 0. The maximum Gasteiger partial charge on any atom is 0.148 e. The largest absolute Gasteiger partial charge is 0.340 e. The Hall–Kier alpha value is -2.65. The van der Waals surface area contributed by atoms with Gasteiger partial charge in [0.25, 0.3) is 0 Å². The normalized spacial score (nSPS) is 9.85. The predicted molar refractivity (Wildman–Crippen MR) is 78.3 cm³/mol. The van der Waals surface area contributed by atoms with E-state index in [1.54, 1.807) is 0 Å². The lowest BCUT2D eigenvalue weighted by atomic mass is 10.1. The van der Waals surface area contributed by atoms with Crippen LogP contribution < -0.4 is 16.6 Å². The van der Waals surface area contributed by atoms with Crippen LogP contribution in [0, 0.1) is 11.3 Å². The number of hydrogen-bond donors (Lipinski definition) is 3. The molecular weight excluding hydrogens is 252 g/mol. The number of nitriles is 1. The molecule has 2 rings (SSSR count). The van der Waals surface area contributed by atoms with E-state index in [4.69, 9.17) is 11.1 Å². The number of hydrogen-bond acceptors (Lipinski definition) is 6. The first-order valence-corrected chi connectivity index (χ1v) is 6.32. The lowest BCUT2D eigenvalue weighted by Gasteiger charge is -2.12. The average Bonchev–Trinajstić information content (AvgIpc) is 2.49. The quantitative estimate of drug-likeness (QED) is 0.567. The van der Waals surface area contributed by atoms with E-state index < -0.39 is 0 Å². The fourth-order valence-electron chi connectivity index (χ4n) is 1.91. The number of aromatic nitrogens is 2. The third-order valence-electron chi connectivity index (χ3n) is 2.94. The van der Waals surface area contributed by atoms with Gasteiger partial charge in [-0.2, -0.15) is 5.26 Å². The Bertz CT molecular complexity index is 615. The van der Waals surface area contributed by atoms with E-state index >= 15 is 0 Å². The minimum absolute atomic E-state index is 0.412. The Morgan fingerprint density at radius 3 is 2.50 bits per heavy atom. The van der Waals surface area contributed by atoms with Gasteiger partial charge in [-0.05, 0) is 24.1 Å². The van der Waals surface area contributed by atoms with Gasteiger partial charge in [-0.1, -0.05) is 19.1 Å². The van der Waals surface area contributed by atoms with Crippen molar-refractivity contribution in [1.82, 2.24) is 9.97 Å². The summed E-state index contributed by atoms with van der Waals surface area (Å²) in [6.45, 7) is 2.01. The van der Waals surface area contributed by atoms with E-state index in [9.17, 15) is 0 Å². The molecule has 1 aromatic carbocycles. The van der Waals surface area contributed by atoms with Gasteiger partial charge in [0.2, 0.25) is 0 Å². The number of nitrogens with zero attached hydrogens (tertiary/aromatic N) is 3. The molecule has 0 aliphatic heterocycles. The summed E-state index contributed by atoms with van der Waals surface area (Å²) in [5.41, 5.74) is 5.39. The number of hydrazine groups is 1. The highest BCUT2D eigenvalue weighted by molar-refractivity contribution is 5.64. The lowest BCUT2D eigenvalue weighted by molar-refractivity contribution is 1.04. The second-order valence-corrected chi connectivity index (χ2v) is 4.20. The van der Waals surface area contributed by atoms with Crippen molar-refractivity contribution in [2.24, 2.45) is 5.84 Å². The van der Waals surface area contributed by atoms with Crippen LogP contribution >= 0.6 is 0 Å². The van der Waals surface area contributed by atoms with E-state index in [0.29, 0.717) is 12.2 Å². The number of nitrogen functional groups attached to an aromatic ring is 1. The highest BCUT2D eigenvalue weighted by Gasteiger charge is 2.08. The molecule has 1 aromatic heterocycles. The zero-order chi connectivity index (χ0) is 14.4. The molecule has 0 radical (unpaired) electrons. The molecular formula is C14H16N6. The summed E-state index contributed by atoms with van der Waals surface area (Å²) in [6, 6.07) is 9.80. The molecule has 0 spiro atoms. The van der Waals surface area contributed by atoms with E-state index in [2.05, 4.69) is 26.8 Å². The SMILES string of the molecule is CCc1c(NN)ncnc1Nc1ccc(CC#N)cc1. The first kappa shape index (κ1) is 13.8. The molecule has 6 nitrogen and oxygen atoms in total. The van der Waals surface area contributed by atoms with Gasteiger partial charge >= 0.3 is 0 Å². The van der Waals surface area contributed by atoms with Gasteiger partial charge in [-0.15, -0.1) is 0 Å². The molecule has 4 N–H and O–H groups in total. The summed E-state index contributed by atoms with van der Waals surface area (Å²) in [5, 5.41) is 11.9. The van der Waals surface area contributed by atoms with Gasteiger partial charge in [0, 0.05) is 11.3 Å². The Kier molecular flexibility index (Phi) is 4.47. The van der Waals surface area contributed by atoms with Gasteiger partial charge in [0.1, 0.15) is 18.0 Å². The molecule has 102 valence electrons. The van der Waals surface area contributed by atoms with Crippen molar-refractivity contribution in [3.63, 3.8) is 0 Å². The van der Waals surface area contributed by atoms with Gasteiger partial charge in [-0.25, -0.2) is 15.8 Å². The van der Waals surface area contributed by atoms with Crippen molar-refractivity contribution >= 4 is 17.3 Å². The topological polar surface area (TPSA) is 99.7 Å². The smallest absolute Gasteiger partial charge is 0.148 e. The Balaban J connectivity index is 2.23. The van der Waals surface area contributed by atoms with Crippen LogP contribution in [0.4, 0.5) is 17.3 Å². The number of nitrogens with two attached hydrogens (primary N) is 1. The summed E-state index contributed by atoms with van der Waals surface area (Å²) in [5.74, 6) is 6.79. The van der Waals surface area contributed by atoms with Gasteiger partial charge < -0.3 is 10.7 Å². The van der Waals surface area contributed by atoms with Crippen LogP contribution in [0.1, 0.15) is 18.1 Å². The van der Waals surface area contributed by atoms with Crippen LogP contribution in [0.5, 0.6) is 0 Å². The maximum atomic E-state index is 8.65. The summed E-state index contributed by atoms with van der Waals surface area (Å²) < 4.78 is 0. The standard InChI is InChI=1S/C14H16N6/c1-2-12-13(17-9-18-14(12)20-16)19-11-5-3-10(4-6-11)7-8-15/h3-6,9H,2,7,16H2,1H3,(H2,17,18,19,20).